The maximum absolute atomic E-state index is 5.91. The Kier molecular flexibility index (Phi) is 3.73. The fourth-order valence-electron chi connectivity index (χ4n) is 1.45. The first-order chi connectivity index (χ1) is 8.47. The van der Waals surface area contributed by atoms with Gasteiger partial charge in [0.15, 0.2) is 5.82 Å². The smallest absolute Gasteiger partial charge is 0.224 e. The Morgan fingerprint density at radius 2 is 2.00 bits per heavy atom. The molecule has 0 saturated heterocycles. The summed E-state index contributed by atoms with van der Waals surface area (Å²) in [5, 5.41) is 3.31. The Bertz CT molecular complexity index is 601. The van der Waals surface area contributed by atoms with Crippen LogP contribution in [0, 0.1) is 13.8 Å². The van der Waals surface area contributed by atoms with Crippen LogP contribution in [0.25, 0.3) is 0 Å². The van der Waals surface area contributed by atoms with Crippen LogP contribution >= 0.6 is 27.5 Å². The number of anilines is 3. The van der Waals surface area contributed by atoms with Gasteiger partial charge in [-0.1, -0.05) is 22.0 Å². The number of rotatable bonds is 2. The molecule has 0 bridgehead atoms. The van der Waals surface area contributed by atoms with Crippen LogP contribution in [-0.4, -0.2) is 9.97 Å². The first-order valence-corrected chi connectivity index (χ1v) is 6.47. The molecule has 2 aromatic rings. The zero-order chi connectivity index (χ0) is 13.3. The molecule has 3 N–H and O–H groups in total. The fourth-order valence-corrected chi connectivity index (χ4v) is 2.04. The van der Waals surface area contributed by atoms with Gasteiger partial charge in [0.25, 0.3) is 0 Å². The van der Waals surface area contributed by atoms with Gasteiger partial charge in [0, 0.05) is 10.2 Å². The Morgan fingerprint density at radius 3 is 2.67 bits per heavy atom. The molecule has 0 aliphatic heterocycles. The molecular formula is C12H12BrClN4. The van der Waals surface area contributed by atoms with Gasteiger partial charge in [0.1, 0.15) is 0 Å². The average molecular weight is 328 g/mol. The molecule has 1 heterocycles. The number of halogens is 2. The van der Waals surface area contributed by atoms with Gasteiger partial charge in [-0.3, -0.25) is 0 Å². The summed E-state index contributed by atoms with van der Waals surface area (Å²) in [4.78, 5) is 8.07. The van der Waals surface area contributed by atoms with Crippen molar-refractivity contribution in [3.8, 4) is 0 Å². The zero-order valence-electron chi connectivity index (χ0n) is 9.96. The third-order valence-corrected chi connectivity index (χ3v) is 3.57. The van der Waals surface area contributed by atoms with Crippen molar-refractivity contribution in [1.29, 1.82) is 0 Å². The third kappa shape index (κ3) is 2.73. The maximum atomic E-state index is 5.91. The predicted octanol–water partition coefficient (Wildman–Crippen LogP) is 3.84. The molecular weight excluding hydrogens is 316 g/mol. The van der Waals surface area contributed by atoms with Crippen molar-refractivity contribution in [2.45, 2.75) is 13.8 Å². The number of benzene rings is 1. The lowest BCUT2D eigenvalue weighted by molar-refractivity contribution is 1.11. The highest BCUT2D eigenvalue weighted by atomic mass is 79.9. The number of nitrogens with two attached hydrogens (primary N) is 1. The maximum Gasteiger partial charge on any atom is 0.224 e. The summed E-state index contributed by atoms with van der Waals surface area (Å²) in [5.41, 5.74) is 9.10. The first kappa shape index (κ1) is 13.1. The van der Waals surface area contributed by atoms with Gasteiger partial charge in [0.2, 0.25) is 5.28 Å². The van der Waals surface area contributed by atoms with E-state index in [1.807, 2.05) is 25.1 Å². The Morgan fingerprint density at radius 1 is 1.28 bits per heavy atom. The topological polar surface area (TPSA) is 63.8 Å². The van der Waals surface area contributed by atoms with Crippen molar-refractivity contribution in [3.05, 3.63) is 39.2 Å². The number of nitrogen functional groups attached to an aromatic ring is 1. The van der Waals surface area contributed by atoms with Crippen LogP contribution in [0.2, 0.25) is 5.28 Å². The minimum absolute atomic E-state index is 0.176. The van der Waals surface area contributed by atoms with E-state index in [0.29, 0.717) is 17.2 Å². The van der Waals surface area contributed by atoms with E-state index < -0.39 is 0 Å². The number of hydrogen-bond donors (Lipinski definition) is 2. The summed E-state index contributed by atoms with van der Waals surface area (Å²) in [6, 6.07) is 5.91. The van der Waals surface area contributed by atoms with Gasteiger partial charge >= 0.3 is 0 Å². The lowest BCUT2D eigenvalue weighted by atomic mass is 10.2. The van der Waals surface area contributed by atoms with E-state index in [2.05, 4.69) is 31.2 Å². The van der Waals surface area contributed by atoms with Gasteiger partial charge in [-0.25, -0.2) is 4.98 Å². The number of aryl methyl sites for hydroxylation is 2. The molecule has 0 saturated carbocycles. The van der Waals surface area contributed by atoms with E-state index in [0.717, 1.165) is 15.7 Å². The SMILES string of the molecule is Cc1ccc(Nc2nc(Cl)nc(C)c2N)cc1Br. The van der Waals surface area contributed by atoms with Crippen molar-refractivity contribution in [2.75, 3.05) is 11.1 Å². The average Bonchev–Trinajstić information content (AvgIpc) is 2.30. The minimum atomic E-state index is 0.176. The molecule has 0 unspecified atom stereocenters. The van der Waals surface area contributed by atoms with Crippen LogP contribution in [-0.2, 0) is 0 Å². The molecule has 1 aromatic carbocycles. The van der Waals surface area contributed by atoms with Crippen molar-refractivity contribution >= 4 is 44.7 Å². The van der Waals surface area contributed by atoms with E-state index in [1.54, 1.807) is 6.92 Å². The molecule has 94 valence electrons. The Hall–Kier alpha value is -1.33. The van der Waals surface area contributed by atoms with Crippen molar-refractivity contribution < 1.29 is 0 Å². The number of nitrogens with zero attached hydrogens (tertiary/aromatic N) is 2. The van der Waals surface area contributed by atoms with E-state index in [-0.39, 0.29) is 5.28 Å². The van der Waals surface area contributed by atoms with Crippen LogP contribution < -0.4 is 11.1 Å². The predicted molar refractivity (Wildman–Crippen MR) is 78.4 cm³/mol. The van der Waals surface area contributed by atoms with Crippen LogP contribution in [0.3, 0.4) is 0 Å². The largest absolute Gasteiger partial charge is 0.394 e. The van der Waals surface area contributed by atoms with Crippen molar-refractivity contribution in [2.24, 2.45) is 0 Å². The van der Waals surface area contributed by atoms with Crippen LogP contribution in [0.5, 0.6) is 0 Å². The summed E-state index contributed by atoms with van der Waals surface area (Å²) >= 11 is 9.29. The third-order valence-electron chi connectivity index (χ3n) is 2.54. The molecule has 0 amide bonds. The van der Waals surface area contributed by atoms with Crippen LogP contribution in [0.4, 0.5) is 17.2 Å². The molecule has 0 aliphatic carbocycles. The molecule has 2 rings (SSSR count). The van der Waals surface area contributed by atoms with E-state index >= 15 is 0 Å². The quantitative estimate of drug-likeness (QED) is 0.823. The van der Waals surface area contributed by atoms with Crippen LogP contribution in [0.15, 0.2) is 22.7 Å². The molecule has 0 atom stereocenters. The molecule has 4 nitrogen and oxygen atoms in total. The molecule has 0 spiro atoms. The lowest BCUT2D eigenvalue weighted by Gasteiger charge is -2.11. The monoisotopic (exact) mass is 326 g/mol. The normalized spacial score (nSPS) is 10.4. The van der Waals surface area contributed by atoms with Gasteiger partial charge in [-0.05, 0) is 43.1 Å². The summed E-state index contributed by atoms with van der Waals surface area (Å²) in [5.74, 6) is 0.517. The van der Waals surface area contributed by atoms with Crippen LogP contribution in [0.1, 0.15) is 11.3 Å². The van der Waals surface area contributed by atoms with E-state index in [9.17, 15) is 0 Å². The van der Waals surface area contributed by atoms with Gasteiger partial charge < -0.3 is 11.1 Å². The molecule has 18 heavy (non-hydrogen) atoms. The minimum Gasteiger partial charge on any atom is -0.394 e. The Balaban J connectivity index is 2.36. The molecule has 0 radical (unpaired) electrons. The van der Waals surface area contributed by atoms with E-state index in [1.165, 1.54) is 0 Å². The molecule has 1 aromatic heterocycles. The second-order valence-electron chi connectivity index (χ2n) is 3.93. The summed E-state index contributed by atoms with van der Waals surface area (Å²) in [6.45, 7) is 3.81. The van der Waals surface area contributed by atoms with E-state index in [4.69, 9.17) is 17.3 Å². The molecule has 0 aliphatic rings. The van der Waals surface area contributed by atoms with Crippen molar-refractivity contribution in [3.63, 3.8) is 0 Å². The second-order valence-corrected chi connectivity index (χ2v) is 5.12. The number of hydrogen-bond acceptors (Lipinski definition) is 4. The van der Waals surface area contributed by atoms with Gasteiger partial charge in [-0.2, -0.15) is 4.98 Å². The number of nitrogens with one attached hydrogen (secondary N) is 1. The summed E-state index contributed by atoms with van der Waals surface area (Å²) < 4.78 is 1.02. The number of aromatic nitrogens is 2. The molecule has 0 fully saturated rings. The fraction of sp³-hybridized carbons (Fsp3) is 0.167. The summed E-state index contributed by atoms with van der Waals surface area (Å²) in [7, 11) is 0. The summed E-state index contributed by atoms with van der Waals surface area (Å²) in [6.07, 6.45) is 0. The highest BCUT2D eigenvalue weighted by Crippen LogP contribution is 2.27. The lowest BCUT2D eigenvalue weighted by Crippen LogP contribution is -2.03. The Labute approximate surface area is 119 Å². The standard InChI is InChI=1S/C12H12BrClN4/c1-6-3-4-8(5-9(6)13)17-11-10(15)7(2)16-12(14)18-11/h3-5H,15H2,1-2H3,(H,16,17,18). The highest BCUT2D eigenvalue weighted by Gasteiger charge is 2.08. The molecule has 6 heteroatoms. The van der Waals surface area contributed by atoms with Gasteiger partial charge in [0.05, 0.1) is 11.4 Å². The first-order valence-electron chi connectivity index (χ1n) is 5.30. The van der Waals surface area contributed by atoms with Crippen molar-refractivity contribution in [1.82, 2.24) is 9.97 Å². The zero-order valence-corrected chi connectivity index (χ0v) is 12.3. The highest BCUT2D eigenvalue weighted by molar-refractivity contribution is 9.10. The second kappa shape index (κ2) is 5.12. The van der Waals surface area contributed by atoms with Gasteiger partial charge in [-0.15, -0.1) is 0 Å².